The number of hydroxylamine groups is 1. The Kier molecular flexibility index (Phi) is 7.08. The number of nitrogens with one attached hydrogen (secondary N) is 2. The summed E-state index contributed by atoms with van der Waals surface area (Å²) < 4.78 is 0. The van der Waals surface area contributed by atoms with Crippen LogP contribution in [-0.2, 0) is 11.3 Å². The van der Waals surface area contributed by atoms with Crippen LogP contribution >= 0.6 is 0 Å². The van der Waals surface area contributed by atoms with E-state index in [1.54, 1.807) is 34.6 Å². The van der Waals surface area contributed by atoms with Crippen LogP contribution in [0.25, 0.3) is 0 Å². The summed E-state index contributed by atoms with van der Waals surface area (Å²) in [5.41, 5.74) is 4.32. The first kappa shape index (κ1) is 25.5. The van der Waals surface area contributed by atoms with E-state index in [2.05, 4.69) is 19.2 Å². The van der Waals surface area contributed by atoms with Gasteiger partial charge in [-0.3, -0.25) is 19.6 Å². The van der Waals surface area contributed by atoms with Gasteiger partial charge in [-0.2, -0.15) is 0 Å². The van der Waals surface area contributed by atoms with Gasteiger partial charge < -0.3 is 10.2 Å². The summed E-state index contributed by atoms with van der Waals surface area (Å²) in [6, 6.07) is 14.3. The van der Waals surface area contributed by atoms with E-state index >= 15 is 0 Å². The van der Waals surface area contributed by atoms with Crippen molar-refractivity contribution in [2.45, 2.75) is 70.4 Å². The molecule has 4 fully saturated rings. The van der Waals surface area contributed by atoms with E-state index in [9.17, 15) is 14.4 Å². The van der Waals surface area contributed by atoms with Gasteiger partial charge in [0.05, 0.1) is 0 Å². The molecule has 0 unspecified atom stereocenters. The number of carbonyl (C=O) groups excluding carboxylic acids is 3. The largest absolute Gasteiger partial charge is 0.349 e. The molecule has 0 atom stereocenters. The van der Waals surface area contributed by atoms with Crippen LogP contribution in [0.3, 0.4) is 0 Å². The van der Waals surface area contributed by atoms with Crippen molar-refractivity contribution in [2.24, 2.45) is 17.8 Å². The van der Waals surface area contributed by atoms with E-state index in [1.807, 2.05) is 24.3 Å². The Hall–Kier alpha value is -3.19. The lowest BCUT2D eigenvalue weighted by Gasteiger charge is -2.57. The van der Waals surface area contributed by atoms with Crippen LogP contribution in [0.4, 0.5) is 0 Å². The van der Waals surface area contributed by atoms with Crippen molar-refractivity contribution in [3.05, 3.63) is 70.8 Å². The molecule has 0 spiro atoms. The highest BCUT2D eigenvalue weighted by Gasteiger charge is 2.51. The maximum atomic E-state index is 13.6. The van der Waals surface area contributed by atoms with Crippen LogP contribution in [0.1, 0.15) is 90.1 Å². The lowest BCUT2D eigenvalue weighted by atomic mass is 9.53. The molecule has 0 radical (unpaired) electrons. The number of hydrogen-bond acceptors (Lipinski definition) is 4. The molecule has 3 amide bonds. The zero-order valence-electron chi connectivity index (χ0n) is 21.7. The standard InChI is InChI=1S/C30H37N3O4/c1-19(2)24-7-9-26(10-8-24)29(36)33(17-20-3-5-25(6-4-20)28(35)32-37)18-27(34)31-30-14-21-11-22(15-30)13-23(12-21)16-30/h3-10,19,21-23,37H,11-18H2,1-2H3,(H,31,34)(H,32,35). The molecule has 2 aromatic carbocycles. The molecule has 196 valence electrons. The van der Waals surface area contributed by atoms with Crippen molar-refractivity contribution in [3.63, 3.8) is 0 Å². The summed E-state index contributed by atoms with van der Waals surface area (Å²) in [6.07, 6.45) is 7.08. The van der Waals surface area contributed by atoms with Crippen molar-refractivity contribution in [3.8, 4) is 0 Å². The van der Waals surface area contributed by atoms with Gasteiger partial charge in [0.15, 0.2) is 0 Å². The predicted octanol–water partition coefficient (Wildman–Crippen LogP) is 4.66. The van der Waals surface area contributed by atoms with Crippen molar-refractivity contribution in [1.29, 1.82) is 0 Å². The smallest absolute Gasteiger partial charge is 0.274 e. The highest BCUT2D eigenvalue weighted by molar-refractivity contribution is 5.96. The minimum atomic E-state index is -0.598. The van der Waals surface area contributed by atoms with Gasteiger partial charge in [0.25, 0.3) is 11.8 Å². The molecule has 0 aromatic heterocycles. The number of benzene rings is 2. The van der Waals surface area contributed by atoms with Gasteiger partial charge in [-0.05, 0) is 97.6 Å². The monoisotopic (exact) mass is 503 g/mol. The Bertz CT molecular complexity index is 1120. The van der Waals surface area contributed by atoms with Crippen LogP contribution < -0.4 is 10.8 Å². The fraction of sp³-hybridized carbons (Fsp3) is 0.500. The fourth-order valence-corrected chi connectivity index (χ4v) is 7.21. The second kappa shape index (κ2) is 10.3. The van der Waals surface area contributed by atoms with E-state index in [0.29, 0.717) is 17.0 Å². The van der Waals surface area contributed by atoms with Crippen LogP contribution in [0.2, 0.25) is 0 Å². The third-order valence-corrected chi connectivity index (χ3v) is 8.58. The molecular formula is C30H37N3O4. The summed E-state index contributed by atoms with van der Waals surface area (Å²) in [7, 11) is 0. The molecule has 0 saturated heterocycles. The average molecular weight is 504 g/mol. The van der Waals surface area contributed by atoms with Crippen molar-refractivity contribution >= 4 is 17.7 Å². The lowest BCUT2D eigenvalue weighted by Crippen LogP contribution is -2.61. The number of hydrogen-bond donors (Lipinski definition) is 3. The topological polar surface area (TPSA) is 98.7 Å². The van der Waals surface area contributed by atoms with Crippen molar-refractivity contribution < 1.29 is 19.6 Å². The number of carbonyl (C=O) groups is 3. The zero-order valence-corrected chi connectivity index (χ0v) is 21.7. The van der Waals surface area contributed by atoms with Gasteiger partial charge in [-0.25, -0.2) is 5.48 Å². The maximum Gasteiger partial charge on any atom is 0.274 e. The van der Waals surface area contributed by atoms with E-state index in [-0.39, 0.29) is 30.4 Å². The molecule has 0 heterocycles. The molecular weight excluding hydrogens is 466 g/mol. The SMILES string of the molecule is CC(C)c1ccc(C(=O)N(CC(=O)NC23CC4CC(CC(C4)C2)C3)Cc2ccc(C(=O)NO)cc2)cc1. The third-order valence-electron chi connectivity index (χ3n) is 8.58. The Labute approximate surface area is 218 Å². The highest BCUT2D eigenvalue weighted by Crippen LogP contribution is 2.55. The Morgan fingerprint density at radius 3 is 1.95 bits per heavy atom. The summed E-state index contributed by atoms with van der Waals surface area (Å²) in [6.45, 7) is 4.43. The summed E-state index contributed by atoms with van der Waals surface area (Å²) >= 11 is 0. The van der Waals surface area contributed by atoms with E-state index in [1.165, 1.54) is 19.3 Å². The van der Waals surface area contributed by atoms with Gasteiger partial charge in [-0.15, -0.1) is 0 Å². The number of nitrogens with zero attached hydrogens (tertiary/aromatic N) is 1. The van der Waals surface area contributed by atoms with Crippen molar-refractivity contribution in [2.75, 3.05) is 6.54 Å². The predicted molar refractivity (Wildman–Crippen MR) is 140 cm³/mol. The molecule has 2 aromatic rings. The molecule has 4 aliphatic carbocycles. The Morgan fingerprint density at radius 2 is 1.43 bits per heavy atom. The van der Waals surface area contributed by atoms with Crippen LogP contribution in [0, 0.1) is 17.8 Å². The normalized spacial score (nSPS) is 25.7. The molecule has 0 aliphatic heterocycles. The second-order valence-corrected chi connectivity index (χ2v) is 11.8. The Balaban J connectivity index is 1.33. The Morgan fingerprint density at radius 1 is 0.892 bits per heavy atom. The van der Waals surface area contributed by atoms with Gasteiger partial charge in [0.1, 0.15) is 6.54 Å². The van der Waals surface area contributed by atoms with E-state index in [0.717, 1.165) is 48.1 Å². The lowest BCUT2D eigenvalue weighted by molar-refractivity contribution is -0.127. The summed E-state index contributed by atoms with van der Waals surface area (Å²) in [5, 5.41) is 12.3. The molecule has 7 nitrogen and oxygen atoms in total. The minimum Gasteiger partial charge on any atom is -0.349 e. The number of rotatable bonds is 8. The average Bonchev–Trinajstić information content (AvgIpc) is 2.86. The maximum absolute atomic E-state index is 13.6. The second-order valence-electron chi connectivity index (χ2n) is 11.8. The van der Waals surface area contributed by atoms with Gasteiger partial charge in [0.2, 0.25) is 5.91 Å². The van der Waals surface area contributed by atoms with Crippen LogP contribution in [-0.4, -0.2) is 39.9 Å². The van der Waals surface area contributed by atoms with E-state index < -0.39 is 5.91 Å². The first-order valence-corrected chi connectivity index (χ1v) is 13.5. The molecule has 6 rings (SSSR count). The van der Waals surface area contributed by atoms with Gasteiger partial charge in [-0.1, -0.05) is 38.1 Å². The molecule has 7 heteroatoms. The molecule has 37 heavy (non-hydrogen) atoms. The summed E-state index contributed by atoms with van der Waals surface area (Å²) in [5.74, 6) is 1.62. The molecule has 4 bridgehead atoms. The van der Waals surface area contributed by atoms with Gasteiger partial charge in [0, 0.05) is 23.2 Å². The molecule has 4 aliphatic rings. The first-order chi connectivity index (χ1) is 17.7. The minimum absolute atomic E-state index is 0.0224. The third kappa shape index (κ3) is 5.57. The zero-order chi connectivity index (χ0) is 26.2. The van der Waals surface area contributed by atoms with Crippen LogP contribution in [0.5, 0.6) is 0 Å². The highest BCUT2D eigenvalue weighted by atomic mass is 16.5. The number of amides is 3. The van der Waals surface area contributed by atoms with Crippen LogP contribution in [0.15, 0.2) is 48.5 Å². The fourth-order valence-electron chi connectivity index (χ4n) is 7.21. The van der Waals surface area contributed by atoms with Crippen molar-refractivity contribution in [1.82, 2.24) is 15.7 Å². The quantitative estimate of drug-likeness (QED) is 0.361. The molecule has 4 saturated carbocycles. The first-order valence-electron chi connectivity index (χ1n) is 13.5. The van der Waals surface area contributed by atoms with Gasteiger partial charge >= 0.3 is 0 Å². The summed E-state index contributed by atoms with van der Waals surface area (Å²) in [4.78, 5) is 40.3. The van der Waals surface area contributed by atoms with E-state index in [4.69, 9.17) is 5.21 Å². The molecule has 3 N–H and O–H groups in total.